The summed E-state index contributed by atoms with van der Waals surface area (Å²) in [6.45, 7) is 0.889. The van der Waals surface area contributed by atoms with Gasteiger partial charge in [-0.1, -0.05) is 11.3 Å². The Morgan fingerprint density at radius 3 is 2.68 bits per heavy atom. The van der Waals surface area contributed by atoms with Gasteiger partial charge in [0, 0.05) is 42.1 Å². The molecule has 0 atom stereocenters. The van der Waals surface area contributed by atoms with Gasteiger partial charge in [-0.3, -0.25) is 14.9 Å². The highest BCUT2D eigenvalue weighted by Gasteiger charge is 2.18. The molecule has 0 unspecified atom stereocenters. The molecule has 4 rings (SSSR count). The lowest BCUT2D eigenvalue weighted by Crippen LogP contribution is -2.18. The maximum Gasteiger partial charge on any atom is 0.279 e. The zero-order valence-corrected chi connectivity index (χ0v) is 16.4. The Balaban J connectivity index is 1.77. The monoisotopic (exact) mass is 417 g/mol. The predicted octanol–water partition coefficient (Wildman–Crippen LogP) is 3.44. The van der Waals surface area contributed by atoms with Crippen LogP contribution in [0.5, 0.6) is 11.5 Å². The minimum absolute atomic E-state index is 0.0667. The smallest absolute Gasteiger partial charge is 0.279 e. The normalized spacial score (nSPS) is 13.2. The number of fused-ring (bicyclic) bond motifs is 2. The largest absolute Gasteiger partial charge is 0.454 e. The van der Waals surface area contributed by atoms with Gasteiger partial charge in [-0.05, 0) is 18.4 Å². The number of carbonyl (C=O) groups excluding carboxylic acids is 1. The molecule has 1 aliphatic heterocycles. The van der Waals surface area contributed by atoms with E-state index >= 15 is 0 Å². The fourth-order valence-corrected chi connectivity index (χ4v) is 4.25. The first-order chi connectivity index (χ1) is 13.6. The van der Waals surface area contributed by atoms with Crippen molar-refractivity contribution in [3.05, 3.63) is 56.9 Å². The molecule has 0 N–H and O–H groups in total. The van der Waals surface area contributed by atoms with Gasteiger partial charge in [0.1, 0.15) is 0 Å². The lowest BCUT2D eigenvalue weighted by atomic mass is 10.2. The van der Waals surface area contributed by atoms with E-state index in [0.717, 1.165) is 16.0 Å². The molecular weight excluding hydrogens is 402 g/mol. The Morgan fingerprint density at radius 2 is 2.00 bits per heavy atom. The minimum atomic E-state index is -0.503. The van der Waals surface area contributed by atoms with Crippen molar-refractivity contribution < 1.29 is 19.2 Å². The first kappa shape index (κ1) is 18.5. The Morgan fingerprint density at radius 1 is 1.29 bits per heavy atom. The number of nitro groups is 1. The molecule has 1 aliphatic rings. The van der Waals surface area contributed by atoms with Gasteiger partial charge in [-0.2, -0.15) is 16.8 Å². The van der Waals surface area contributed by atoms with Crippen LogP contribution in [0.2, 0.25) is 0 Å². The van der Waals surface area contributed by atoms with Gasteiger partial charge in [0.2, 0.25) is 6.79 Å². The molecule has 0 saturated carbocycles. The second-order valence-corrected chi connectivity index (χ2v) is 7.92. The Bertz CT molecular complexity index is 1130. The predicted molar refractivity (Wildman–Crippen MR) is 107 cm³/mol. The molecule has 0 spiro atoms. The van der Waals surface area contributed by atoms with Crippen molar-refractivity contribution in [1.82, 2.24) is 4.57 Å². The van der Waals surface area contributed by atoms with Crippen LogP contribution in [-0.4, -0.2) is 34.2 Å². The molecule has 1 amide bonds. The van der Waals surface area contributed by atoms with E-state index in [-0.39, 0.29) is 12.5 Å². The number of thioether (sulfide) groups is 1. The standard InChI is InChI=1S/C18H15N3O5S2/c1-27-7-6-20-13-8-14-15(26-10-25-14)9-16(13)28-18(20)19-17(22)11-2-4-12(5-3-11)21(23)24/h2-5,8-9H,6-7,10H2,1H3. The zero-order chi connectivity index (χ0) is 19.7. The number of carbonyl (C=O) groups is 1. The Kier molecular flexibility index (Phi) is 5.05. The zero-order valence-electron chi connectivity index (χ0n) is 14.8. The molecule has 0 bridgehead atoms. The summed E-state index contributed by atoms with van der Waals surface area (Å²) in [6.07, 6.45) is 2.02. The van der Waals surface area contributed by atoms with Gasteiger partial charge >= 0.3 is 0 Å². The molecule has 8 nitrogen and oxygen atoms in total. The van der Waals surface area contributed by atoms with Gasteiger partial charge in [0.25, 0.3) is 11.6 Å². The summed E-state index contributed by atoms with van der Waals surface area (Å²) in [7, 11) is 0. The number of nitro benzene ring substituents is 1. The van der Waals surface area contributed by atoms with E-state index in [9.17, 15) is 14.9 Å². The van der Waals surface area contributed by atoms with Crippen LogP contribution >= 0.6 is 23.1 Å². The quantitative estimate of drug-likeness (QED) is 0.466. The van der Waals surface area contributed by atoms with Crippen LogP contribution in [0.4, 0.5) is 5.69 Å². The van der Waals surface area contributed by atoms with Gasteiger partial charge in [0.15, 0.2) is 16.3 Å². The first-order valence-electron chi connectivity index (χ1n) is 8.32. The number of non-ortho nitro benzene ring substituents is 1. The number of thiazole rings is 1. The van der Waals surface area contributed by atoms with Gasteiger partial charge in [-0.15, -0.1) is 0 Å². The van der Waals surface area contributed by atoms with Crippen molar-refractivity contribution in [2.24, 2.45) is 4.99 Å². The third-order valence-electron chi connectivity index (χ3n) is 4.22. The number of ether oxygens (including phenoxy) is 2. The fourth-order valence-electron chi connectivity index (χ4n) is 2.82. The summed E-state index contributed by atoms with van der Waals surface area (Å²) in [5, 5.41) is 10.8. The molecule has 0 saturated heterocycles. The topological polar surface area (TPSA) is 96.0 Å². The molecular formula is C18H15N3O5S2. The molecule has 3 aromatic rings. The number of rotatable bonds is 5. The maximum atomic E-state index is 12.6. The van der Waals surface area contributed by atoms with Crippen molar-refractivity contribution in [2.45, 2.75) is 6.54 Å². The van der Waals surface area contributed by atoms with Crippen LogP contribution in [0.15, 0.2) is 41.4 Å². The number of benzene rings is 2. The SMILES string of the molecule is CSCCn1c(=NC(=O)c2ccc([N+](=O)[O-])cc2)sc2cc3c(cc21)OCO3. The summed E-state index contributed by atoms with van der Waals surface area (Å²) in [4.78, 5) is 27.7. The summed E-state index contributed by atoms with van der Waals surface area (Å²) >= 11 is 3.09. The van der Waals surface area contributed by atoms with Crippen molar-refractivity contribution in [1.29, 1.82) is 0 Å². The van der Waals surface area contributed by atoms with E-state index in [2.05, 4.69) is 4.99 Å². The summed E-state index contributed by atoms with van der Waals surface area (Å²) in [5.74, 6) is 1.77. The number of hydrogen-bond acceptors (Lipinski definition) is 7. The van der Waals surface area contributed by atoms with Gasteiger partial charge < -0.3 is 14.0 Å². The third kappa shape index (κ3) is 3.48. The molecule has 28 heavy (non-hydrogen) atoms. The van der Waals surface area contributed by atoms with E-state index in [1.807, 2.05) is 23.0 Å². The third-order valence-corrected chi connectivity index (χ3v) is 5.85. The van der Waals surface area contributed by atoms with Crippen LogP contribution < -0.4 is 14.3 Å². The summed E-state index contributed by atoms with van der Waals surface area (Å²) in [6, 6.07) is 9.24. The molecule has 2 aromatic carbocycles. The van der Waals surface area contributed by atoms with E-state index in [4.69, 9.17) is 9.47 Å². The Hall–Kier alpha value is -2.85. The number of aromatic nitrogens is 1. The van der Waals surface area contributed by atoms with Crippen molar-refractivity contribution >= 4 is 44.9 Å². The second kappa shape index (κ2) is 7.64. The van der Waals surface area contributed by atoms with E-state index < -0.39 is 10.8 Å². The fraction of sp³-hybridized carbons (Fsp3) is 0.222. The molecule has 0 fully saturated rings. The number of nitrogens with zero attached hydrogens (tertiary/aromatic N) is 3. The van der Waals surface area contributed by atoms with Gasteiger partial charge in [-0.25, -0.2) is 0 Å². The van der Waals surface area contributed by atoms with Crippen LogP contribution in [0.25, 0.3) is 10.2 Å². The highest BCUT2D eigenvalue weighted by atomic mass is 32.2. The summed E-state index contributed by atoms with van der Waals surface area (Å²) < 4.78 is 13.8. The van der Waals surface area contributed by atoms with Crippen molar-refractivity contribution in [2.75, 3.05) is 18.8 Å². The molecule has 10 heteroatoms. The van der Waals surface area contributed by atoms with Gasteiger partial charge in [0.05, 0.1) is 15.1 Å². The molecule has 2 heterocycles. The highest BCUT2D eigenvalue weighted by Crippen LogP contribution is 2.37. The maximum absolute atomic E-state index is 12.6. The average Bonchev–Trinajstić information content (AvgIpc) is 3.28. The lowest BCUT2D eigenvalue weighted by Gasteiger charge is -2.04. The van der Waals surface area contributed by atoms with E-state index in [0.29, 0.717) is 28.4 Å². The average molecular weight is 417 g/mol. The molecule has 0 aliphatic carbocycles. The second-order valence-electron chi connectivity index (χ2n) is 5.92. The number of hydrogen-bond donors (Lipinski definition) is 0. The number of aryl methyl sites for hydroxylation is 1. The van der Waals surface area contributed by atoms with Crippen LogP contribution in [0.3, 0.4) is 0 Å². The van der Waals surface area contributed by atoms with Crippen molar-refractivity contribution in [3.63, 3.8) is 0 Å². The van der Waals surface area contributed by atoms with E-state index in [1.54, 1.807) is 11.8 Å². The van der Waals surface area contributed by atoms with Crippen LogP contribution in [0, 0.1) is 10.1 Å². The minimum Gasteiger partial charge on any atom is -0.454 e. The van der Waals surface area contributed by atoms with Crippen molar-refractivity contribution in [3.8, 4) is 11.5 Å². The summed E-state index contributed by atoms with van der Waals surface area (Å²) in [5.41, 5.74) is 1.16. The molecule has 0 radical (unpaired) electrons. The van der Waals surface area contributed by atoms with Crippen LogP contribution in [0.1, 0.15) is 10.4 Å². The first-order valence-corrected chi connectivity index (χ1v) is 10.5. The highest BCUT2D eigenvalue weighted by molar-refractivity contribution is 7.98. The van der Waals surface area contributed by atoms with E-state index in [1.165, 1.54) is 35.6 Å². The molecule has 1 aromatic heterocycles. The van der Waals surface area contributed by atoms with Crippen LogP contribution in [-0.2, 0) is 6.54 Å². The molecule has 144 valence electrons. The number of amides is 1. The lowest BCUT2D eigenvalue weighted by molar-refractivity contribution is -0.384. The Labute approximate surface area is 167 Å².